The minimum atomic E-state index is -1.13. The maximum Gasteiger partial charge on any atom is 0.337 e. The van der Waals surface area contributed by atoms with Crippen LogP contribution in [0, 0.1) is 27.7 Å². The topological polar surface area (TPSA) is 80.5 Å². The fourth-order valence-electron chi connectivity index (χ4n) is 5.22. The lowest BCUT2D eigenvalue weighted by molar-refractivity contribution is -0.160. The molecule has 0 spiro atoms. The zero-order valence-electron chi connectivity index (χ0n) is 21.8. The first-order valence-electron chi connectivity index (χ1n) is 12.2. The molecule has 2 aromatic carbocycles. The summed E-state index contributed by atoms with van der Waals surface area (Å²) in [5.41, 5.74) is 7.21. The molecule has 0 fully saturated rings. The molecule has 1 aliphatic rings. The highest BCUT2D eigenvalue weighted by Crippen LogP contribution is 2.49. The van der Waals surface area contributed by atoms with Crippen LogP contribution in [0.5, 0.6) is 0 Å². The summed E-state index contributed by atoms with van der Waals surface area (Å²) < 4.78 is 13.0. The SMILES string of the molecule is Cc1ccc(-c2c([C@H](OC(C)(C)C)C(=O)O)c(C)c3c4c2cc(C)n4CCN3c2nc(C)ns2)cc1. The van der Waals surface area contributed by atoms with Crippen molar-refractivity contribution < 1.29 is 14.6 Å². The van der Waals surface area contributed by atoms with Crippen molar-refractivity contribution in [2.24, 2.45) is 0 Å². The van der Waals surface area contributed by atoms with E-state index in [1.807, 2.05) is 34.6 Å². The number of nitrogens with zero attached hydrogens (tertiary/aromatic N) is 4. The third-order valence-corrected chi connectivity index (χ3v) is 7.52. The average molecular weight is 505 g/mol. The van der Waals surface area contributed by atoms with E-state index in [-0.39, 0.29) is 0 Å². The molecule has 1 atom stereocenters. The van der Waals surface area contributed by atoms with Gasteiger partial charge in [-0.1, -0.05) is 29.8 Å². The standard InChI is InChI=1S/C28H32N4O3S/c1-15-8-10-19(11-9-15)22-20-14-16(2)31-12-13-32(27-29-18(4)30-36-27)23(24(20)31)17(3)21(22)25(26(33)34)35-28(5,6)7/h8-11,14,25H,12-13H2,1-7H3,(H,33,34)/t25-/m0/s1. The molecule has 0 radical (unpaired) electrons. The number of ether oxygens (including phenoxy) is 1. The number of hydrogen-bond donors (Lipinski definition) is 1. The van der Waals surface area contributed by atoms with Gasteiger partial charge in [0.1, 0.15) is 5.82 Å². The minimum Gasteiger partial charge on any atom is -0.479 e. The van der Waals surface area contributed by atoms with E-state index in [0.717, 1.165) is 68.6 Å². The molecule has 2 aromatic heterocycles. The van der Waals surface area contributed by atoms with Crippen LogP contribution in [-0.4, -0.2) is 37.1 Å². The summed E-state index contributed by atoms with van der Waals surface area (Å²) in [6, 6.07) is 10.5. The van der Waals surface area contributed by atoms with E-state index in [1.165, 1.54) is 11.5 Å². The Labute approximate surface area is 215 Å². The molecular weight excluding hydrogens is 472 g/mol. The summed E-state index contributed by atoms with van der Waals surface area (Å²) in [4.78, 5) is 19.7. The van der Waals surface area contributed by atoms with Crippen molar-refractivity contribution in [3.63, 3.8) is 0 Å². The average Bonchev–Trinajstić information content (AvgIpc) is 3.38. The fourth-order valence-corrected chi connectivity index (χ4v) is 5.93. The smallest absolute Gasteiger partial charge is 0.337 e. The van der Waals surface area contributed by atoms with Crippen molar-refractivity contribution >= 4 is 39.2 Å². The van der Waals surface area contributed by atoms with Gasteiger partial charge in [0, 0.05) is 41.3 Å². The van der Waals surface area contributed by atoms with Gasteiger partial charge in [0.15, 0.2) is 6.10 Å². The van der Waals surface area contributed by atoms with E-state index in [4.69, 9.17) is 4.74 Å². The lowest BCUT2D eigenvalue weighted by Gasteiger charge is -2.34. The number of aryl methyl sites for hydroxylation is 3. The summed E-state index contributed by atoms with van der Waals surface area (Å²) in [5.74, 6) is -0.268. The summed E-state index contributed by atoms with van der Waals surface area (Å²) in [5, 5.41) is 12.3. The normalized spacial score (nSPS) is 14.5. The molecule has 0 bridgehead atoms. The van der Waals surface area contributed by atoms with Gasteiger partial charge < -0.3 is 19.3 Å². The minimum absolute atomic E-state index is 0.649. The summed E-state index contributed by atoms with van der Waals surface area (Å²) >= 11 is 1.37. The van der Waals surface area contributed by atoms with E-state index in [2.05, 4.69) is 63.0 Å². The van der Waals surface area contributed by atoms with E-state index < -0.39 is 17.7 Å². The van der Waals surface area contributed by atoms with Crippen molar-refractivity contribution in [3.05, 3.63) is 58.5 Å². The number of carbonyl (C=O) groups is 1. The maximum atomic E-state index is 12.8. The van der Waals surface area contributed by atoms with Crippen molar-refractivity contribution in [3.8, 4) is 11.1 Å². The molecule has 3 heterocycles. The molecule has 8 heteroatoms. The number of anilines is 2. The lowest BCUT2D eigenvalue weighted by Crippen LogP contribution is -2.31. The van der Waals surface area contributed by atoms with Gasteiger partial charge in [0.25, 0.3) is 0 Å². The number of aromatic nitrogens is 3. The molecule has 4 aromatic rings. The van der Waals surface area contributed by atoms with Crippen LogP contribution in [0.25, 0.3) is 22.0 Å². The van der Waals surface area contributed by atoms with E-state index >= 15 is 0 Å². The fraction of sp³-hybridized carbons (Fsp3) is 0.393. The highest BCUT2D eigenvalue weighted by atomic mass is 32.1. The van der Waals surface area contributed by atoms with Gasteiger partial charge in [-0.25, -0.2) is 9.78 Å². The molecule has 0 saturated carbocycles. The molecule has 188 valence electrons. The Hall–Kier alpha value is -3.23. The third-order valence-electron chi connectivity index (χ3n) is 6.69. The predicted molar refractivity (Wildman–Crippen MR) is 144 cm³/mol. The zero-order chi connectivity index (χ0) is 25.9. The van der Waals surface area contributed by atoms with Crippen LogP contribution in [0.2, 0.25) is 0 Å². The van der Waals surface area contributed by atoms with Gasteiger partial charge in [0.2, 0.25) is 5.13 Å². The van der Waals surface area contributed by atoms with Crippen LogP contribution >= 0.6 is 11.5 Å². The summed E-state index contributed by atoms with van der Waals surface area (Å²) in [6.45, 7) is 15.3. The van der Waals surface area contributed by atoms with Crippen molar-refractivity contribution in [2.75, 3.05) is 11.4 Å². The molecule has 0 amide bonds. The second-order valence-corrected chi connectivity index (χ2v) is 11.3. The first-order valence-corrected chi connectivity index (χ1v) is 13.0. The van der Waals surface area contributed by atoms with Crippen LogP contribution in [0.1, 0.15) is 55.1 Å². The molecule has 0 saturated heterocycles. The summed E-state index contributed by atoms with van der Waals surface area (Å²) in [7, 11) is 0. The molecular formula is C28H32N4O3S. The van der Waals surface area contributed by atoms with Gasteiger partial charge in [0.05, 0.1) is 16.8 Å². The van der Waals surface area contributed by atoms with Crippen LogP contribution in [-0.2, 0) is 16.1 Å². The predicted octanol–water partition coefficient (Wildman–Crippen LogP) is 6.49. The summed E-state index contributed by atoms with van der Waals surface area (Å²) in [6.07, 6.45) is -1.13. The van der Waals surface area contributed by atoms with Gasteiger partial charge in [-0.3, -0.25) is 0 Å². The number of rotatable bonds is 5. The van der Waals surface area contributed by atoms with E-state index in [9.17, 15) is 9.90 Å². The zero-order valence-corrected chi connectivity index (χ0v) is 22.7. The first kappa shape index (κ1) is 24.5. The Bertz CT molecular complexity index is 1480. The number of carboxylic acids is 1. The molecule has 36 heavy (non-hydrogen) atoms. The quantitative estimate of drug-likeness (QED) is 0.335. The van der Waals surface area contributed by atoms with Gasteiger partial charge >= 0.3 is 5.97 Å². The van der Waals surface area contributed by atoms with Crippen LogP contribution < -0.4 is 4.90 Å². The largest absolute Gasteiger partial charge is 0.479 e. The Morgan fingerprint density at radius 3 is 2.39 bits per heavy atom. The Morgan fingerprint density at radius 2 is 1.81 bits per heavy atom. The maximum absolute atomic E-state index is 12.8. The van der Waals surface area contributed by atoms with Gasteiger partial charge in [-0.15, -0.1) is 0 Å². The second-order valence-electron chi connectivity index (χ2n) is 10.6. The van der Waals surface area contributed by atoms with Gasteiger partial charge in [-0.05, 0) is 71.2 Å². The Balaban J connectivity index is 1.91. The molecule has 1 N–H and O–H groups in total. The lowest BCUT2D eigenvalue weighted by atomic mass is 9.87. The number of aliphatic carboxylic acids is 1. The van der Waals surface area contributed by atoms with Crippen LogP contribution in [0.15, 0.2) is 30.3 Å². The molecule has 1 aliphatic heterocycles. The highest BCUT2D eigenvalue weighted by Gasteiger charge is 2.36. The molecule has 0 unspecified atom stereocenters. The van der Waals surface area contributed by atoms with E-state index in [1.54, 1.807) is 0 Å². The van der Waals surface area contributed by atoms with Gasteiger partial charge in [-0.2, -0.15) is 4.37 Å². The molecule has 0 aliphatic carbocycles. The third kappa shape index (κ3) is 4.08. The van der Waals surface area contributed by atoms with Crippen molar-refractivity contribution in [1.82, 2.24) is 13.9 Å². The molecule has 5 rings (SSSR count). The Morgan fingerprint density at radius 1 is 1.11 bits per heavy atom. The monoisotopic (exact) mass is 504 g/mol. The highest BCUT2D eigenvalue weighted by molar-refractivity contribution is 7.09. The number of hydrogen-bond acceptors (Lipinski definition) is 6. The van der Waals surface area contributed by atoms with E-state index in [0.29, 0.717) is 5.56 Å². The van der Waals surface area contributed by atoms with Crippen molar-refractivity contribution in [2.45, 2.75) is 66.7 Å². The van der Waals surface area contributed by atoms with Crippen LogP contribution in [0.3, 0.4) is 0 Å². The number of carboxylic acid groups (broad SMARTS) is 1. The van der Waals surface area contributed by atoms with Crippen molar-refractivity contribution in [1.29, 1.82) is 0 Å². The first-order chi connectivity index (χ1) is 17.0. The van der Waals surface area contributed by atoms with Crippen LogP contribution in [0.4, 0.5) is 10.8 Å². The second kappa shape index (κ2) is 8.71. The number of benzene rings is 2. The molecule has 7 nitrogen and oxygen atoms in total. The Kier molecular flexibility index (Phi) is 5.92.